The second-order valence-electron chi connectivity index (χ2n) is 8.54. The second-order valence-corrected chi connectivity index (χ2v) is 8.98. The summed E-state index contributed by atoms with van der Waals surface area (Å²) in [5.74, 6) is 0.0490. The minimum absolute atomic E-state index is 0.0598. The molecule has 2 heterocycles. The Morgan fingerprint density at radius 1 is 1.10 bits per heavy atom. The molecule has 4 rings (SSSR count). The number of rotatable bonds is 4. The van der Waals surface area contributed by atoms with Gasteiger partial charge in [0.25, 0.3) is 0 Å². The SMILES string of the molecule is CCc1ccc(Oc2nc3ccc(Cl)cc3o2)cc1C1=C(O)C(C)(C)OC(C)(C)C1=O. The summed E-state index contributed by atoms with van der Waals surface area (Å²) in [4.78, 5) is 17.5. The zero-order valence-corrected chi connectivity index (χ0v) is 18.8. The summed E-state index contributed by atoms with van der Waals surface area (Å²) in [7, 11) is 0. The van der Waals surface area contributed by atoms with Crippen LogP contribution in [0.1, 0.15) is 45.7 Å². The van der Waals surface area contributed by atoms with Gasteiger partial charge in [-0.25, -0.2) is 0 Å². The normalized spacial score (nSPS) is 17.9. The maximum atomic E-state index is 13.2. The first-order chi connectivity index (χ1) is 14.5. The summed E-state index contributed by atoms with van der Waals surface area (Å²) in [5, 5.41) is 11.5. The fourth-order valence-electron chi connectivity index (χ4n) is 3.87. The average molecular weight is 442 g/mol. The highest BCUT2D eigenvalue weighted by Crippen LogP contribution is 2.42. The Balaban J connectivity index is 1.79. The van der Waals surface area contributed by atoms with Crippen LogP contribution in [-0.4, -0.2) is 27.1 Å². The van der Waals surface area contributed by atoms with E-state index < -0.39 is 11.2 Å². The number of carbonyl (C=O) groups is 1. The van der Waals surface area contributed by atoms with E-state index in [1.54, 1.807) is 58.0 Å². The van der Waals surface area contributed by atoms with Crippen molar-refractivity contribution in [2.24, 2.45) is 0 Å². The largest absolute Gasteiger partial charge is 0.508 e. The Labute approximate surface area is 185 Å². The zero-order valence-electron chi connectivity index (χ0n) is 18.1. The van der Waals surface area contributed by atoms with Gasteiger partial charge in [0.05, 0.1) is 5.57 Å². The topological polar surface area (TPSA) is 81.8 Å². The van der Waals surface area contributed by atoms with Crippen LogP contribution in [0.15, 0.2) is 46.6 Å². The van der Waals surface area contributed by atoms with E-state index in [-0.39, 0.29) is 23.2 Å². The molecule has 1 N–H and O–H groups in total. The van der Waals surface area contributed by atoms with E-state index in [1.165, 1.54) is 0 Å². The van der Waals surface area contributed by atoms with Crippen molar-refractivity contribution in [3.63, 3.8) is 0 Å². The third kappa shape index (κ3) is 3.82. The van der Waals surface area contributed by atoms with Crippen LogP contribution in [0.3, 0.4) is 0 Å². The Bertz CT molecular complexity index is 1220. The molecule has 0 spiro atoms. The number of benzene rings is 2. The number of oxazole rings is 1. The van der Waals surface area contributed by atoms with Gasteiger partial charge in [0.2, 0.25) is 0 Å². The molecule has 0 fully saturated rings. The summed E-state index contributed by atoms with van der Waals surface area (Å²) in [6.45, 7) is 8.89. The van der Waals surface area contributed by atoms with Gasteiger partial charge < -0.3 is 19.0 Å². The highest BCUT2D eigenvalue weighted by atomic mass is 35.5. The Hall–Kier alpha value is -2.83. The fourth-order valence-corrected chi connectivity index (χ4v) is 4.04. The van der Waals surface area contributed by atoms with Gasteiger partial charge >= 0.3 is 6.08 Å². The summed E-state index contributed by atoms with van der Waals surface area (Å²) >= 11 is 6.00. The Kier molecular flexibility index (Phi) is 5.10. The van der Waals surface area contributed by atoms with Gasteiger partial charge in [0.15, 0.2) is 11.4 Å². The number of carbonyl (C=O) groups excluding carboxylic acids is 1. The van der Waals surface area contributed by atoms with Crippen LogP contribution in [0.4, 0.5) is 0 Å². The van der Waals surface area contributed by atoms with Gasteiger partial charge in [0, 0.05) is 11.1 Å². The molecule has 162 valence electrons. The van der Waals surface area contributed by atoms with Crippen molar-refractivity contribution in [1.82, 2.24) is 4.98 Å². The Morgan fingerprint density at radius 2 is 1.84 bits per heavy atom. The number of aliphatic hydroxyl groups excluding tert-OH is 1. The quantitative estimate of drug-likeness (QED) is 0.514. The van der Waals surface area contributed by atoms with E-state index in [2.05, 4.69) is 4.98 Å². The molecule has 0 radical (unpaired) electrons. The van der Waals surface area contributed by atoms with Crippen molar-refractivity contribution in [1.29, 1.82) is 0 Å². The summed E-state index contributed by atoms with van der Waals surface area (Å²) in [5.41, 5.74) is 0.796. The molecular formula is C24H24ClNO5. The van der Waals surface area contributed by atoms with Crippen LogP contribution in [0, 0.1) is 0 Å². The van der Waals surface area contributed by atoms with E-state index in [4.69, 9.17) is 25.5 Å². The number of Topliss-reactive ketones (excluding diaryl/α,β-unsaturated/α-hetero) is 1. The van der Waals surface area contributed by atoms with Gasteiger partial charge in [-0.15, -0.1) is 0 Å². The number of nitrogens with zero attached hydrogens (tertiary/aromatic N) is 1. The molecule has 0 atom stereocenters. The van der Waals surface area contributed by atoms with Crippen LogP contribution in [0.2, 0.25) is 5.02 Å². The number of aromatic nitrogens is 1. The van der Waals surface area contributed by atoms with Crippen molar-refractivity contribution in [3.8, 4) is 11.8 Å². The van der Waals surface area contributed by atoms with E-state index in [1.807, 2.05) is 13.0 Å². The number of ether oxygens (including phenoxy) is 2. The first-order valence-electron chi connectivity index (χ1n) is 10.1. The summed E-state index contributed by atoms with van der Waals surface area (Å²) in [6.07, 6.45) is 0.729. The molecule has 0 saturated heterocycles. The first-order valence-corrected chi connectivity index (χ1v) is 10.5. The van der Waals surface area contributed by atoms with Crippen molar-refractivity contribution in [2.75, 3.05) is 0 Å². The third-order valence-corrected chi connectivity index (χ3v) is 5.59. The minimum Gasteiger partial charge on any atom is -0.508 e. The highest BCUT2D eigenvalue weighted by molar-refractivity contribution is 6.31. The molecule has 0 saturated carbocycles. The van der Waals surface area contributed by atoms with Crippen molar-refractivity contribution < 1.29 is 23.8 Å². The van der Waals surface area contributed by atoms with Crippen LogP contribution >= 0.6 is 11.6 Å². The molecule has 1 aliphatic heterocycles. The standard InChI is InChI=1S/C24H24ClNO5/c1-6-13-7-9-15(29-22-26-17-10-8-14(25)11-18(17)30-22)12-16(13)19-20(27)23(2,3)31-24(4,5)21(19)28/h7-12,27H,6H2,1-5H3. The van der Waals surface area contributed by atoms with Crippen LogP contribution < -0.4 is 4.74 Å². The van der Waals surface area contributed by atoms with Gasteiger partial charge in [-0.3, -0.25) is 4.79 Å². The molecule has 31 heavy (non-hydrogen) atoms. The zero-order chi connectivity index (χ0) is 22.6. The molecule has 0 aliphatic carbocycles. The van der Waals surface area contributed by atoms with Crippen molar-refractivity contribution in [3.05, 3.63) is 58.3 Å². The molecule has 1 aliphatic rings. The molecule has 3 aromatic rings. The van der Waals surface area contributed by atoms with E-state index >= 15 is 0 Å². The number of aliphatic hydroxyl groups is 1. The average Bonchev–Trinajstić information content (AvgIpc) is 3.07. The minimum atomic E-state index is -1.08. The lowest BCUT2D eigenvalue weighted by molar-refractivity contribution is -0.158. The first kappa shape index (κ1) is 21.4. The maximum Gasteiger partial charge on any atom is 0.400 e. The molecule has 0 bridgehead atoms. The number of hydrogen-bond acceptors (Lipinski definition) is 6. The van der Waals surface area contributed by atoms with E-state index in [9.17, 15) is 9.90 Å². The predicted molar refractivity (Wildman–Crippen MR) is 119 cm³/mol. The van der Waals surface area contributed by atoms with Gasteiger partial charge in [-0.05, 0) is 69.5 Å². The van der Waals surface area contributed by atoms with Gasteiger partial charge in [-0.2, -0.15) is 4.98 Å². The number of hydrogen-bond donors (Lipinski definition) is 1. The molecule has 6 nitrogen and oxygen atoms in total. The highest BCUT2D eigenvalue weighted by Gasteiger charge is 2.47. The Morgan fingerprint density at radius 3 is 2.55 bits per heavy atom. The molecule has 2 aromatic carbocycles. The van der Waals surface area contributed by atoms with Crippen LogP contribution in [-0.2, 0) is 16.0 Å². The maximum absolute atomic E-state index is 13.2. The van der Waals surface area contributed by atoms with Crippen LogP contribution in [0.5, 0.6) is 11.8 Å². The molecule has 0 amide bonds. The van der Waals surface area contributed by atoms with Crippen molar-refractivity contribution >= 4 is 34.1 Å². The molecule has 1 aromatic heterocycles. The number of aryl methyl sites for hydroxylation is 1. The van der Waals surface area contributed by atoms with E-state index in [0.717, 1.165) is 5.56 Å². The van der Waals surface area contributed by atoms with E-state index in [0.29, 0.717) is 33.9 Å². The van der Waals surface area contributed by atoms with Crippen LogP contribution in [0.25, 0.3) is 16.7 Å². The third-order valence-electron chi connectivity index (χ3n) is 5.36. The summed E-state index contributed by atoms with van der Waals surface area (Å²) in [6, 6.07) is 10.5. The van der Waals surface area contributed by atoms with Gasteiger partial charge in [0.1, 0.15) is 28.2 Å². The number of ketones is 1. The summed E-state index contributed by atoms with van der Waals surface area (Å²) < 4.78 is 17.3. The number of fused-ring (bicyclic) bond motifs is 1. The fraction of sp³-hybridized carbons (Fsp3) is 0.333. The number of halogens is 1. The van der Waals surface area contributed by atoms with Crippen molar-refractivity contribution in [2.45, 2.75) is 52.2 Å². The van der Waals surface area contributed by atoms with Gasteiger partial charge in [-0.1, -0.05) is 24.6 Å². The molecule has 7 heteroatoms. The lowest BCUT2D eigenvalue weighted by atomic mass is 9.81. The smallest absolute Gasteiger partial charge is 0.400 e. The monoisotopic (exact) mass is 441 g/mol. The molecular weight excluding hydrogens is 418 g/mol. The predicted octanol–water partition coefficient (Wildman–Crippen LogP) is 6.26. The molecule has 0 unspecified atom stereocenters. The lowest BCUT2D eigenvalue weighted by Crippen LogP contribution is -2.49. The lowest BCUT2D eigenvalue weighted by Gasteiger charge is -2.40. The second kappa shape index (κ2) is 7.39.